The molecule has 0 bridgehead atoms. The molecule has 1 aliphatic rings. The maximum absolute atomic E-state index is 9.70. The molecule has 4 N–H and O–H groups in total. The molecule has 1 fully saturated rings. The topological polar surface area (TPSA) is 112 Å². The summed E-state index contributed by atoms with van der Waals surface area (Å²) >= 11 is 3.53. The van der Waals surface area contributed by atoms with Crippen LogP contribution in [0.4, 0.5) is 17.6 Å². The number of fused-ring (bicyclic) bond motifs is 1. The van der Waals surface area contributed by atoms with Crippen LogP contribution in [0.3, 0.4) is 0 Å². The van der Waals surface area contributed by atoms with Crippen LogP contribution in [-0.2, 0) is 0 Å². The van der Waals surface area contributed by atoms with E-state index in [4.69, 9.17) is 4.98 Å². The van der Waals surface area contributed by atoms with Gasteiger partial charge in [0.1, 0.15) is 11.6 Å². The van der Waals surface area contributed by atoms with Crippen LogP contribution in [0, 0.1) is 5.92 Å². The number of anilines is 3. The normalized spacial score (nSPS) is 19.2. The maximum Gasteiger partial charge on any atom is 0.222 e. The highest BCUT2D eigenvalue weighted by atomic mass is 79.9. The molecule has 4 rings (SSSR count). The number of rotatable bonds is 8. The summed E-state index contributed by atoms with van der Waals surface area (Å²) in [6.07, 6.45) is 9.59. The number of nitrogens with one attached hydrogen (secondary N) is 3. The second-order valence-electron chi connectivity index (χ2n) is 7.16. The van der Waals surface area contributed by atoms with Gasteiger partial charge in [0.15, 0.2) is 5.65 Å². The van der Waals surface area contributed by atoms with Gasteiger partial charge in [-0.25, -0.2) is 15.0 Å². The van der Waals surface area contributed by atoms with Crippen LogP contribution in [-0.4, -0.2) is 55.4 Å². The quantitative estimate of drug-likeness (QED) is 0.379. The summed E-state index contributed by atoms with van der Waals surface area (Å²) in [6, 6.07) is 3.98. The predicted octanol–water partition coefficient (Wildman–Crippen LogP) is 2.77. The van der Waals surface area contributed by atoms with E-state index in [1.807, 2.05) is 6.07 Å². The molecule has 3 aromatic heterocycles. The Hall–Kier alpha value is -2.46. The number of aliphatic hydroxyl groups is 1. The fraction of sp³-hybridized carbons (Fsp3) is 0.474. The molecular weight excluding hydrogens is 436 g/mol. The third kappa shape index (κ3) is 4.76. The molecule has 0 amide bonds. The Morgan fingerprint density at radius 1 is 1.14 bits per heavy atom. The Bertz CT molecular complexity index is 935. The van der Waals surface area contributed by atoms with E-state index in [-0.39, 0.29) is 18.6 Å². The standard InChI is InChI=1S/C19H25BrN8O/c20-14-11-25-28-17(21-8-9-24-19-22-6-3-7-23-19)10-16(27-18(14)28)26-15-5-2-1-4-13(15)12-29/h3,6-7,10-11,13,15,21,29H,1-2,4-5,8-9,12H2,(H,26,27)(H,22,23,24). The van der Waals surface area contributed by atoms with Crippen molar-refractivity contribution in [1.29, 1.82) is 0 Å². The van der Waals surface area contributed by atoms with Gasteiger partial charge in [0.25, 0.3) is 0 Å². The zero-order valence-electron chi connectivity index (χ0n) is 16.1. The van der Waals surface area contributed by atoms with Gasteiger partial charge >= 0.3 is 0 Å². The molecule has 2 unspecified atom stereocenters. The van der Waals surface area contributed by atoms with Crippen molar-refractivity contribution in [2.45, 2.75) is 31.7 Å². The minimum atomic E-state index is 0.203. The van der Waals surface area contributed by atoms with Crippen molar-refractivity contribution in [1.82, 2.24) is 24.6 Å². The average molecular weight is 461 g/mol. The lowest BCUT2D eigenvalue weighted by Gasteiger charge is -2.31. The monoisotopic (exact) mass is 460 g/mol. The van der Waals surface area contributed by atoms with E-state index in [9.17, 15) is 5.11 Å². The molecule has 0 spiro atoms. The third-order valence-corrected chi connectivity index (χ3v) is 5.75. The Balaban J connectivity index is 1.47. The van der Waals surface area contributed by atoms with E-state index in [0.717, 1.165) is 34.6 Å². The van der Waals surface area contributed by atoms with Gasteiger partial charge in [0, 0.05) is 50.1 Å². The smallest absolute Gasteiger partial charge is 0.222 e. The molecule has 0 saturated heterocycles. The highest BCUT2D eigenvalue weighted by Crippen LogP contribution is 2.28. The lowest BCUT2D eigenvalue weighted by Crippen LogP contribution is -2.34. The van der Waals surface area contributed by atoms with E-state index in [2.05, 4.69) is 46.9 Å². The van der Waals surface area contributed by atoms with Gasteiger partial charge < -0.3 is 21.1 Å². The molecule has 3 aromatic rings. The summed E-state index contributed by atoms with van der Waals surface area (Å²) in [5.74, 6) is 2.49. The lowest BCUT2D eigenvalue weighted by molar-refractivity contribution is 0.178. The summed E-state index contributed by atoms with van der Waals surface area (Å²) in [4.78, 5) is 13.0. The van der Waals surface area contributed by atoms with Gasteiger partial charge in [-0.1, -0.05) is 12.8 Å². The summed E-state index contributed by atoms with van der Waals surface area (Å²) in [6.45, 7) is 1.53. The molecule has 1 saturated carbocycles. The highest BCUT2D eigenvalue weighted by molar-refractivity contribution is 9.10. The van der Waals surface area contributed by atoms with Gasteiger partial charge in [-0.05, 0) is 34.8 Å². The largest absolute Gasteiger partial charge is 0.396 e. The van der Waals surface area contributed by atoms with Crippen molar-refractivity contribution in [2.24, 2.45) is 5.92 Å². The molecule has 0 aromatic carbocycles. The Labute approximate surface area is 177 Å². The Morgan fingerprint density at radius 2 is 1.93 bits per heavy atom. The zero-order valence-corrected chi connectivity index (χ0v) is 17.6. The van der Waals surface area contributed by atoms with Gasteiger partial charge in [0.2, 0.25) is 5.95 Å². The second-order valence-corrected chi connectivity index (χ2v) is 8.01. The predicted molar refractivity (Wildman–Crippen MR) is 116 cm³/mol. The number of hydrogen-bond acceptors (Lipinski definition) is 8. The highest BCUT2D eigenvalue weighted by Gasteiger charge is 2.25. The van der Waals surface area contributed by atoms with E-state index in [1.54, 1.807) is 29.2 Å². The summed E-state index contributed by atoms with van der Waals surface area (Å²) in [5, 5.41) is 24.2. The maximum atomic E-state index is 9.70. The first kappa shape index (κ1) is 19.8. The molecule has 10 heteroatoms. The van der Waals surface area contributed by atoms with Gasteiger partial charge in [-0.3, -0.25) is 0 Å². The Kier molecular flexibility index (Phi) is 6.40. The number of nitrogens with zero attached hydrogens (tertiary/aromatic N) is 5. The second kappa shape index (κ2) is 9.36. The SMILES string of the molecule is OCC1CCCCC1Nc1cc(NCCNc2ncccn2)n2ncc(Br)c2n1. The fourth-order valence-electron chi connectivity index (χ4n) is 3.70. The van der Waals surface area contributed by atoms with Gasteiger partial charge in [0.05, 0.1) is 10.7 Å². The van der Waals surface area contributed by atoms with Crippen LogP contribution in [0.1, 0.15) is 25.7 Å². The summed E-state index contributed by atoms with van der Waals surface area (Å²) < 4.78 is 2.61. The van der Waals surface area contributed by atoms with E-state index in [0.29, 0.717) is 19.0 Å². The molecule has 154 valence electrons. The van der Waals surface area contributed by atoms with E-state index in [1.165, 1.54) is 12.8 Å². The van der Waals surface area contributed by atoms with Crippen molar-refractivity contribution >= 4 is 39.2 Å². The van der Waals surface area contributed by atoms with E-state index >= 15 is 0 Å². The molecule has 0 aliphatic heterocycles. The fourth-order valence-corrected chi connectivity index (χ4v) is 4.05. The van der Waals surface area contributed by atoms with Crippen molar-refractivity contribution < 1.29 is 5.11 Å². The lowest BCUT2D eigenvalue weighted by atomic mass is 9.85. The molecular formula is C19H25BrN8O. The number of aromatic nitrogens is 5. The van der Waals surface area contributed by atoms with Gasteiger partial charge in [-0.15, -0.1) is 0 Å². The van der Waals surface area contributed by atoms with Crippen LogP contribution in [0.2, 0.25) is 0 Å². The number of halogens is 1. The first-order chi connectivity index (χ1) is 14.2. The average Bonchev–Trinajstić information content (AvgIpc) is 3.13. The molecule has 9 nitrogen and oxygen atoms in total. The summed E-state index contributed by atoms with van der Waals surface area (Å²) in [7, 11) is 0. The van der Waals surface area contributed by atoms with Crippen LogP contribution < -0.4 is 16.0 Å². The Morgan fingerprint density at radius 3 is 2.76 bits per heavy atom. The minimum absolute atomic E-state index is 0.203. The van der Waals surface area contributed by atoms with Crippen molar-refractivity contribution in [2.75, 3.05) is 35.6 Å². The van der Waals surface area contributed by atoms with Crippen LogP contribution in [0.25, 0.3) is 5.65 Å². The van der Waals surface area contributed by atoms with Gasteiger partial charge in [-0.2, -0.15) is 9.61 Å². The minimum Gasteiger partial charge on any atom is -0.396 e. The molecule has 29 heavy (non-hydrogen) atoms. The molecule has 1 aliphatic carbocycles. The van der Waals surface area contributed by atoms with E-state index < -0.39 is 0 Å². The number of hydrogen-bond donors (Lipinski definition) is 4. The molecule has 2 atom stereocenters. The van der Waals surface area contributed by atoms with Crippen molar-refractivity contribution in [3.05, 3.63) is 35.2 Å². The number of aliphatic hydroxyl groups excluding tert-OH is 1. The molecule has 0 radical (unpaired) electrons. The van der Waals surface area contributed by atoms with Crippen LogP contribution >= 0.6 is 15.9 Å². The summed E-state index contributed by atoms with van der Waals surface area (Å²) in [5.41, 5.74) is 0.744. The first-order valence-corrected chi connectivity index (χ1v) is 10.7. The van der Waals surface area contributed by atoms with Crippen LogP contribution in [0.5, 0.6) is 0 Å². The zero-order chi connectivity index (χ0) is 20.1. The third-order valence-electron chi connectivity index (χ3n) is 5.19. The van der Waals surface area contributed by atoms with Crippen molar-refractivity contribution in [3.8, 4) is 0 Å². The van der Waals surface area contributed by atoms with Crippen LogP contribution in [0.15, 0.2) is 35.2 Å². The first-order valence-electron chi connectivity index (χ1n) is 9.91. The van der Waals surface area contributed by atoms with Crippen molar-refractivity contribution in [3.63, 3.8) is 0 Å². The molecule has 3 heterocycles.